The van der Waals surface area contributed by atoms with Crippen molar-refractivity contribution in [3.05, 3.63) is 35.6 Å². The van der Waals surface area contributed by atoms with Gasteiger partial charge in [0.2, 0.25) is 0 Å². The summed E-state index contributed by atoms with van der Waals surface area (Å²) in [5, 5.41) is 13.8. The molecule has 3 aliphatic heterocycles. The molecule has 0 saturated carbocycles. The Labute approximate surface area is 163 Å². The highest BCUT2D eigenvalue weighted by atomic mass is 19.1. The Morgan fingerprint density at radius 1 is 1.14 bits per heavy atom. The number of alkyl carbamates (subject to hydrolysis) is 1. The van der Waals surface area contributed by atoms with Crippen LogP contribution >= 0.6 is 0 Å². The Morgan fingerprint density at radius 2 is 1.89 bits per heavy atom. The number of carbonyl (C=O) groups is 2. The van der Waals surface area contributed by atoms with Crippen LogP contribution in [-0.2, 0) is 16.1 Å². The topological polar surface area (TPSA) is 82.1 Å². The van der Waals surface area contributed by atoms with Gasteiger partial charge in [0.1, 0.15) is 11.4 Å². The summed E-state index contributed by atoms with van der Waals surface area (Å²) in [7, 11) is 0. The predicted octanol–water partition coefficient (Wildman–Crippen LogP) is 1.25. The molecule has 1 unspecified atom stereocenters. The first-order chi connectivity index (χ1) is 13.4. The number of nitrogens with one attached hydrogen (secondary N) is 1. The minimum absolute atomic E-state index is 0.165. The summed E-state index contributed by atoms with van der Waals surface area (Å²) in [5.74, 6) is -0.679. The average Bonchev–Trinajstić information content (AvgIpc) is 3.03. The molecule has 3 fully saturated rings. The van der Waals surface area contributed by atoms with Gasteiger partial charge in [-0.1, -0.05) is 18.2 Å². The van der Waals surface area contributed by atoms with E-state index in [-0.39, 0.29) is 30.9 Å². The molecule has 4 rings (SSSR count). The van der Waals surface area contributed by atoms with E-state index in [1.807, 2.05) is 0 Å². The molecule has 0 bridgehead atoms. The smallest absolute Gasteiger partial charge is 0.407 e. The van der Waals surface area contributed by atoms with Gasteiger partial charge in [-0.3, -0.25) is 9.69 Å². The number of carbonyl (C=O) groups excluding carboxylic acids is 2. The lowest BCUT2D eigenvalue weighted by Crippen LogP contribution is -2.60. The zero-order chi connectivity index (χ0) is 19.8. The van der Waals surface area contributed by atoms with E-state index in [0.29, 0.717) is 57.4 Å². The van der Waals surface area contributed by atoms with Crippen LogP contribution in [0.1, 0.15) is 31.2 Å². The van der Waals surface area contributed by atoms with Gasteiger partial charge in [0.05, 0.1) is 6.54 Å². The normalized spacial score (nSPS) is 27.7. The van der Waals surface area contributed by atoms with Crippen molar-refractivity contribution in [1.82, 2.24) is 15.1 Å². The molecule has 28 heavy (non-hydrogen) atoms. The average molecular weight is 391 g/mol. The summed E-state index contributed by atoms with van der Waals surface area (Å²) in [5.41, 5.74) is -1.46. The number of piperidine rings is 2. The number of nitrogens with zero attached hydrogens (tertiary/aromatic N) is 2. The van der Waals surface area contributed by atoms with Gasteiger partial charge in [-0.2, -0.15) is 0 Å². The van der Waals surface area contributed by atoms with Crippen LogP contribution in [0.2, 0.25) is 0 Å². The molecule has 0 aromatic heterocycles. The predicted molar refractivity (Wildman–Crippen MR) is 98.9 cm³/mol. The number of likely N-dealkylation sites (tertiary alicyclic amines) is 2. The molecule has 2 amide bonds. The Morgan fingerprint density at radius 3 is 2.57 bits per heavy atom. The van der Waals surface area contributed by atoms with E-state index in [1.54, 1.807) is 23.1 Å². The highest BCUT2D eigenvalue weighted by Crippen LogP contribution is 2.32. The lowest BCUT2D eigenvalue weighted by molar-refractivity contribution is -0.161. The van der Waals surface area contributed by atoms with E-state index < -0.39 is 11.2 Å². The second kappa shape index (κ2) is 7.33. The van der Waals surface area contributed by atoms with Crippen molar-refractivity contribution in [2.75, 3.05) is 32.7 Å². The number of aliphatic hydroxyl groups is 1. The van der Waals surface area contributed by atoms with Crippen molar-refractivity contribution in [3.63, 3.8) is 0 Å². The standard InChI is InChI=1S/C20H26FN3O4/c21-16-5-2-1-4-15(16)12-24-9-3-6-20(27,17(24)25)14-23-10-7-19(8-11-23)13-22-18(26)28-19/h1-2,4-5,27H,3,6-14H2,(H,22,26). The van der Waals surface area contributed by atoms with Crippen LogP contribution < -0.4 is 5.32 Å². The minimum Gasteiger partial charge on any atom is -0.441 e. The Balaban J connectivity index is 1.38. The van der Waals surface area contributed by atoms with Crippen LogP contribution in [0.4, 0.5) is 9.18 Å². The van der Waals surface area contributed by atoms with Crippen molar-refractivity contribution in [1.29, 1.82) is 0 Å². The summed E-state index contributed by atoms with van der Waals surface area (Å²) < 4.78 is 19.4. The van der Waals surface area contributed by atoms with E-state index in [0.717, 1.165) is 0 Å². The Hall–Kier alpha value is -2.19. The quantitative estimate of drug-likeness (QED) is 0.808. The van der Waals surface area contributed by atoms with Crippen molar-refractivity contribution < 1.29 is 23.8 Å². The number of halogens is 1. The molecule has 1 atom stereocenters. The molecule has 152 valence electrons. The number of hydrogen-bond donors (Lipinski definition) is 2. The van der Waals surface area contributed by atoms with Gasteiger partial charge < -0.3 is 20.1 Å². The fourth-order valence-electron chi connectivity index (χ4n) is 4.46. The highest BCUT2D eigenvalue weighted by molar-refractivity contribution is 5.86. The minimum atomic E-state index is -1.46. The maximum atomic E-state index is 14.0. The molecule has 1 spiro atoms. The summed E-state index contributed by atoms with van der Waals surface area (Å²) in [6.45, 7) is 2.74. The fourth-order valence-corrected chi connectivity index (χ4v) is 4.46. The Kier molecular flexibility index (Phi) is 5.01. The van der Waals surface area contributed by atoms with Crippen LogP contribution in [0.25, 0.3) is 0 Å². The summed E-state index contributed by atoms with van der Waals surface area (Å²) in [6.07, 6.45) is 2.05. The van der Waals surface area contributed by atoms with Crippen molar-refractivity contribution >= 4 is 12.0 Å². The third-order valence-electron chi connectivity index (χ3n) is 6.14. The summed E-state index contributed by atoms with van der Waals surface area (Å²) in [4.78, 5) is 27.9. The molecule has 3 aliphatic rings. The van der Waals surface area contributed by atoms with Gasteiger partial charge in [-0.15, -0.1) is 0 Å². The third kappa shape index (κ3) is 3.71. The molecule has 2 N–H and O–H groups in total. The fraction of sp³-hybridized carbons (Fsp3) is 0.600. The Bertz CT molecular complexity index is 766. The number of amides is 2. The maximum Gasteiger partial charge on any atom is 0.407 e. The summed E-state index contributed by atoms with van der Waals surface area (Å²) in [6, 6.07) is 6.41. The van der Waals surface area contributed by atoms with Crippen LogP contribution in [0.3, 0.4) is 0 Å². The molecular weight excluding hydrogens is 365 g/mol. The van der Waals surface area contributed by atoms with Crippen LogP contribution in [0.15, 0.2) is 24.3 Å². The number of benzene rings is 1. The number of β-amino-alcohol motifs (C(OH)–C–C–N with tert-alkyl or cyclic N) is 1. The molecular formula is C20H26FN3O4. The van der Waals surface area contributed by atoms with Crippen molar-refractivity contribution in [2.45, 2.75) is 43.4 Å². The van der Waals surface area contributed by atoms with E-state index >= 15 is 0 Å². The van der Waals surface area contributed by atoms with Gasteiger partial charge >= 0.3 is 6.09 Å². The molecule has 0 radical (unpaired) electrons. The number of hydrogen-bond acceptors (Lipinski definition) is 5. The second-order valence-electron chi connectivity index (χ2n) is 8.16. The second-order valence-corrected chi connectivity index (χ2v) is 8.16. The van der Waals surface area contributed by atoms with E-state index in [1.165, 1.54) is 6.07 Å². The van der Waals surface area contributed by atoms with E-state index in [9.17, 15) is 19.1 Å². The van der Waals surface area contributed by atoms with E-state index in [2.05, 4.69) is 10.2 Å². The van der Waals surface area contributed by atoms with Gasteiger partial charge in [0, 0.05) is 51.1 Å². The SMILES string of the molecule is O=C1NCC2(CCN(CC3(O)CCCN(Cc4ccccc4F)C3=O)CC2)O1. The first kappa shape index (κ1) is 19.1. The monoisotopic (exact) mass is 391 g/mol. The van der Waals surface area contributed by atoms with Gasteiger partial charge in [-0.25, -0.2) is 9.18 Å². The first-order valence-electron chi connectivity index (χ1n) is 9.84. The van der Waals surface area contributed by atoms with Crippen molar-refractivity contribution in [3.8, 4) is 0 Å². The van der Waals surface area contributed by atoms with Crippen LogP contribution in [0, 0.1) is 5.82 Å². The molecule has 1 aromatic carbocycles. The maximum absolute atomic E-state index is 14.0. The lowest BCUT2D eigenvalue weighted by atomic mass is 9.87. The molecule has 0 aliphatic carbocycles. The van der Waals surface area contributed by atoms with Crippen molar-refractivity contribution in [2.24, 2.45) is 0 Å². The van der Waals surface area contributed by atoms with Crippen LogP contribution in [0.5, 0.6) is 0 Å². The van der Waals surface area contributed by atoms with Gasteiger partial charge in [0.25, 0.3) is 5.91 Å². The number of rotatable bonds is 4. The molecule has 7 nitrogen and oxygen atoms in total. The molecule has 3 heterocycles. The molecule has 3 saturated heterocycles. The zero-order valence-electron chi connectivity index (χ0n) is 15.8. The van der Waals surface area contributed by atoms with Crippen LogP contribution in [-0.4, -0.2) is 70.8 Å². The van der Waals surface area contributed by atoms with Gasteiger partial charge in [0.15, 0.2) is 5.60 Å². The zero-order valence-corrected chi connectivity index (χ0v) is 15.8. The molecule has 8 heteroatoms. The molecule has 1 aromatic rings. The summed E-state index contributed by atoms with van der Waals surface area (Å²) >= 11 is 0. The highest BCUT2D eigenvalue weighted by Gasteiger charge is 2.47. The first-order valence-corrected chi connectivity index (χ1v) is 9.84. The largest absolute Gasteiger partial charge is 0.441 e. The number of ether oxygens (including phenoxy) is 1. The lowest BCUT2D eigenvalue weighted by Gasteiger charge is -2.43. The van der Waals surface area contributed by atoms with Gasteiger partial charge in [-0.05, 0) is 18.9 Å². The van der Waals surface area contributed by atoms with E-state index in [4.69, 9.17) is 4.74 Å². The third-order valence-corrected chi connectivity index (χ3v) is 6.14.